The van der Waals surface area contributed by atoms with Crippen LogP contribution in [-0.2, 0) is 9.47 Å². The molecule has 23 heavy (non-hydrogen) atoms. The molecule has 1 aromatic heterocycles. The molecule has 0 radical (unpaired) electrons. The molecule has 0 unspecified atom stereocenters. The number of nitrogens with one attached hydrogen (secondary N) is 1. The van der Waals surface area contributed by atoms with E-state index >= 15 is 0 Å². The van der Waals surface area contributed by atoms with Crippen molar-refractivity contribution in [2.24, 2.45) is 5.41 Å². The van der Waals surface area contributed by atoms with Crippen LogP contribution < -0.4 is 15.0 Å². The average Bonchev–Trinajstić information content (AvgIpc) is 2.33. The number of pyridine rings is 1. The van der Waals surface area contributed by atoms with Crippen LogP contribution in [0.4, 0.5) is 16.3 Å². The zero-order valence-corrected chi connectivity index (χ0v) is 14.0. The maximum atomic E-state index is 12.0. The van der Waals surface area contributed by atoms with Gasteiger partial charge in [0.1, 0.15) is 5.60 Å². The van der Waals surface area contributed by atoms with E-state index in [9.17, 15) is 4.79 Å². The monoisotopic (exact) mass is 321 g/mol. The SMILES string of the molecule is COc1c(NC(=O)OC(C)(C)C)ccnc1N1CC2(COC2)C1. The number of nitrogens with zero attached hydrogens (tertiary/aromatic N) is 2. The van der Waals surface area contributed by atoms with Crippen LogP contribution in [0.25, 0.3) is 0 Å². The van der Waals surface area contributed by atoms with Crippen LogP contribution in [0.5, 0.6) is 5.75 Å². The molecular formula is C16H23N3O4. The van der Waals surface area contributed by atoms with Gasteiger partial charge in [-0.25, -0.2) is 9.78 Å². The fraction of sp³-hybridized carbons (Fsp3) is 0.625. The van der Waals surface area contributed by atoms with Crippen LogP contribution in [-0.4, -0.2) is 50.1 Å². The summed E-state index contributed by atoms with van der Waals surface area (Å²) in [5.74, 6) is 1.28. The summed E-state index contributed by atoms with van der Waals surface area (Å²) >= 11 is 0. The van der Waals surface area contributed by atoms with E-state index in [1.807, 2.05) is 20.8 Å². The Kier molecular flexibility index (Phi) is 3.83. The second-order valence-electron chi connectivity index (χ2n) is 7.19. The highest BCUT2D eigenvalue weighted by molar-refractivity contribution is 5.88. The third-order valence-corrected chi connectivity index (χ3v) is 3.89. The summed E-state index contributed by atoms with van der Waals surface area (Å²) in [7, 11) is 1.57. The highest BCUT2D eigenvalue weighted by Gasteiger charge is 2.50. The highest BCUT2D eigenvalue weighted by atomic mass is 16.6. The van der Waals surface area contributed by atoms with Gasteiger partial charge in [0.2, 0.25) is 0 Å². The number of methoxy groups -OCH3 is 1. The highest BCUT2D eigenvalue weighted by Crippen LogP contribution is 2.44. The van der Waals surface area contributed by atoms with Gasteiger partial charge < -0.3 is 19.1 Å². The molecule has 1 spiro atoms. The number of amides is 1. The second-order valence-corrected chi connectivity index (χ2v) is 7.19. The number of anilines is 2. The topological polar surface area (TPSA) is 72.9 Å². The molecule has 0 saturated carbocycles. The van der Waals surface area contributed by atoms with E-state index in [4.69, 9.17) is 14.2 Å². The molecule has 0 atom stereocenters. The number of carbonyl (C=O) groups is 1. The molecule has 0 bridgehead atoms. The number of rotatable bonds is 3. The van der Waals surface area contributed by atoms with E-state index < -0.39 is 11.7 Å². The average molecular weight is 321 g/mol. The molecule has 2 aliphatic heterocycles. The zero-order valence-electron chi connectivity index (χ0n) is 14.0. The Labute approximate surface area is 135 Å². The Hall–Kier alpha value is -2.02. The summed E-state index contributed by atoms with van der Waals surface area (Å²) in [5, 5.41) is 2.73. The van der Waals surface area contributed by atoms with Gasteiger partial charge in [-0.2, -0.15) is 0 Å². The van der Waals surface area contributed by atoms with Crippen molar-refractivity contribution < 1.29 is 19.0 Å². The van der Waals surface area contributed by atoms with Crippen molar-refractivity contribution in [1.82, 2.24) is 4.98 Å². The van der Waals surface area contributed by atoms with Crippen molar-refractivity contribution in [1.29, 1.82) is 0 Å². The molecule has 126 valence electrons. The Bertz CT molecular complexity index is 600. The molecule has 0 aromatic carbocycles. The van der Waals surface area contributed by atoms with Crippen molar-refractivity contribution in [2.75, 3.05) is 43.6 Å². The minimum Gasteiger partial charge on any atom is -0.491 e. The number of hydrogen-bond acceptors (Lipinski definition) is 6. The molecule has 3 rings (SSSR count). The van der Waals surface area contributed by atoms with Crippen LogP contribution in [0.1, 0.15) is 20.8 Å². The van der Waals surface area contributed by atoms with E-state index in [0.717, 1.165) is 32.1 Å². The third-order valence-electron chi connectivity index (χ3n) is 3.89. The first-order chi connectivity index (χ1) is 10.8. The molecule has 3 heterocycles. The summed E-state index contributed by atoms with van der Waals surface area (Å²) in [5.41, 5.74) is 0.278. The quantitative estimate of drug-likeness (QED) is 0.921. The number of hydrogen-bond donors (Lipinski definition) is 1. The van der Waals surface area contributed by atoms with E-state index in [1.54, 1.807) is 19.4 Å². The number of carbonyl (C=O) groups excluding carboxylic acids is 1. The molecule has 0 aliphatic carbocycles. The lowest BCUT2D eigenvalue weighted by Crippen LogP contribution is -2.66. The molecule has 7 nitrogen and oxygen atoms in total. The van der Waals surface area contributed by atoms with E-state index in [1.165, 1.54) is 0 Å². The molecule has 1 N–H and O–H groups in total. The molecule has 2 saturated heterocycles. The Morgan fingerprint density at radius 1 is 1.39 bits per heavy atom. The molecule has 7 heteroatoms. The van der Waals surface area contributed by atoms with Gasteiger partial charge in [0.05, 0.1) is 31.4 Å². The van der Waals surface area contributed by atoms with Crippen molar-refractivity contribution >= 4 is 17.6 Å². The predicted octanol–water partition coefficient (Wildman–Crippen LogP) is 2.27. The fourth-order valence-electron chi connectivity index (χ4n) is 2.86. The van der Waals surface area contributed by atoms with Crippen molar-refractivity contribution in [2.45, 2.75) is 26.4 Å². The van der Waals surface area contributed by atoms with Crippen molar-refractivity contribution in [3.8, 4) is 5.75 Å². The predicted molar refractivity (Wildman–Crippen MR) is 86.1 cm³/mol. The van der Waals surface area contributed by atoms with Crippen LogP contribution >= 0.6 is 0 Å². The summed E-state index contributed by atoms with van der Waals surface area (Å²) in [6.45, 7) is 8.87. The third kappa shape index (κ3) is 3.19. The van der Waals surface area contributed by atoms with Crippen LogP contribution in [0, 0.1) is 5.41 Å². The minimum atomic E-state index is -0.554. The Morgan fingerprint density at radius 3 is 2.61 bits per heavy atom. The van der Waals surface area contributed by atoms with Crippen LogP contribution in [0.3, 0.4) is 0 Å². The first-order valence-electron chi connectivity index (χ1n) is 7.68. The van der Waals surface area contributed by atoms with Gasteiger partial charge in [-0.1, -0.05) is 0 Å². The lowest BCUT2D eigenvalue weighted by atomic mass is 9.78. The van der Waals surface area contributed by atoms with Crippen LogP contribution in [0.2, 0.25) is 0 Å². The van der Waals surface area contributed by atoms with Gasteiger partial charge in [-0.15, -0.1) is 0 Å². The zero-order chi connectivity index (χ0) is 16.7. The van der Waals surface area contributed by atoms with Gasteiger partial charge in [0, 0.05) is 19.3 Å². The maximum absolute atomic E-state index is 12.0. The minimum absolute atomic E-state index is 0.279. The smallest absolute Gasteiger partial charge is 0.412 e. The van der Waals surface area contributed by atoms with Gasteiger partial charge in [-0.3, -0.25) is 5.32 Å². The van der Waals surface area contributed by atoms with E-state index in [2.05, 4.69) is 15.2 Å². The second kappa shape index (κ2) is 5.56. The molecular weight excluding hydrogens is 298 g/mol. The van der Waals surface area contributed by atoms with Gasteiger partial charge in [0.25, 0.3) is 0 Å². The molecule has 1 aromatic rings. The summed E-state index contributed by atoms with van der Waals surface area (Å²) in [6, 6.07) is 1.70. The number of ether oxygens (including phenoxy) is 3. The van der Waals surface area contributed by atoms with E-state index in [0.29, 0.717) is 11.4 Å². The van der Waals surface area contributed by atoms with Crippen LogP contribution in [0.15, 0.2) is 12.3 Å². The van der Waals surface area contributed by atoms with Crippen molar-refractivity contribution in [3.63, 3.8) is 0 Å². The molecule has 2 fully saturated rings. The van der Waals surface area contributed by atoms with Gasteiger partial charge in [0.15, 0.2) is 11.6 Å². The lowest BCUT2D eigenvalue weighted by molar-refractivity contribution is -0.127. The maximum Gasteiger partial charge on any atom is 0.412 e. The summed E-state index contributed by atoms with van der Waals surface area (Å²) in [4.78, 5) is 18.5. The van der Waals surface area contributed by atoms with E-state index in [-0.39, 0.29) is 5.41 Å². The standard InChI is InChI=1S/C16H23N3O4/c1-15(2,3)23-14(20)18-11-5-6-17-13(12(11)21-4)19-7-16(8-19)9-22-10-16/h5-6H,7-10H2,1-4H3,(H,17,18,20). The number of aromatic nitrogens is 1. The first kappa shape index (κ1) is 15.9. The Balaban J connectivity index is 1.74. The summed E-state index contributed by atoms with van der Waals surface area (Å²) in [6.07, 6.45) is 1.15. The van der Waals surface area contributed by atoms with Crippen molar-refractivity contribution in [3.05, 3.63) is 12.3 Å². The summed E-state index contributed by atoms with van der Waals surface area (Å²) < 4.78 is 16.1. The lowest BCUT2D eigenvalue weighted by Gasteiger charge is -2.55. The molecule has 1 amide bonds. The van der Waals surface area contributed by atoms with Gasteiger partial charge >= 0.3 is 6.09 Å². The largest absolute Gasteiger partial charge is 0.491 e. The van der Waals surface area contributed by atoms with Gasteiger partial charge in [-0.05, 0) is 26.8 Å². The molecule has 2 aliphatic rings. The normalized spacial score (nSPS) is 18.9. The first-order valence-corrected chi connectivity index (χ1v) is 7.68. The Morgan fingerprint density at radius 2 is 2.09 bits per heavy atom. The fourth-order valence-corrected chi connectivity index (χ4v) is 2.86.